The molecule has 186 valence electrons. The number of carbonyl (C=O) groups is 3. The minimum absolute atomic E-state index is 0.0296. The molecule has 33 heavy (non-hydrogen) atoms. The summed E-state index contributed by atoms with van der Waals surface area (Å²) in [5, 5.41) is 0. The molecular weight excluding hydrogens is 484 g/mol. The number of halogens is 1. The maximum Gasteiger partial charge on any atom is 0.305 e. The molecule has 0 saturated heterocycles. The van der Waals surface area contributed by atoms with Crippen LogP contribution in [0.5, 0.6) is 0 Å². The Bertz CT molecular complexity index is 797. The van der Waals surface area contributed by atoms with Crippen molar-refractivity contribution in [3.8, 4) is 0 Å². The molecule has 4 aliphatic carbocycles. The van der Waals surface area contributed by atoms with Gasteiger partial charge in [0.05, 0.1) is 11.9 Å². The first-order valence-electron chi connectivity index (χ1n) is 13.0. The molecule has 8 unspecified atom stereocenters. The number of carbonyl (C=O) groups excluding carboxylic acids is 3. The van der Waals surface area contributed by atoms with Crippen molar-refractivity contribution in [2.24, 2.45) is 46.3 Å². The smallest absolute Gasteiger partial charge is 0.305 e. The molecule has 0 aromatic rings. The SMILES string of the molecule is COC(=O)CCC(C)C1CCC2C3CCC4CC(OC(C)=O)CC[C@]4(C)C3C(Br)C(=O)[C@]12C. The molecule has 0 bridgehead atoms. The summed E-state index contributed by atoms with van der Waals surface area (Å²) in [5.41, 5.74) is -0.206. The van der Waals surface area contributed by atoms with E-state index in [1.165, 1.54) is 20.5 Å². The van der Waals surface area contributed by atoms with E-state index >= 15 is 0 Å². The Morgan fingerprint density at radius 1 is 1.15 bits per heavy atom. The molecule has 0 radical (unpaired) electrons. The largest absolute Gasteiger partial charge is 0.469 e. The molecule has 5 nitrogen and oxygen atoms in total. The third kappa shape index (κ3) is 4.10. The van der Waals surface area contributed by atoms with Crippen LogP contribution in [-0.2, 0) is 23.9 Å². The molecule has 0 spiro atoms. The lowest BCUT2D eigenvalue weighted by atomic mass is 9.44. The van der Waals surface area contributed by atoms with E-state index < -0.39 is 0 Å². The van der Waals surface area contributed by atoms with Gasteiger partial charge >= 0.3 is 11.9 Å². The zero-order valence-electron chi connectivity index (χ0n) is 20.9. The van der Waals surface area contributed by atoms with Gasteiger partial charge in [0.25, 0.3) is 0 Å². The summed E-state index contributed by atoms with van der Waals surface area (Å²) in [6, 6.07) is 0. The van der Waals surface area contributed by atoms with Crippen LogP contribution in [0.3, 0.4) is 0 Å². The summed E-state index contributed by atoms with van der Waals surface area (Å²) in [5.74, 6) is 2.54. The Balaban J connectivity index is 1.55. The highest BCUT2D eigenvalue weighted by molar-refractivity contribution is 9.10. The first-order chi connectivity index (χ1) is 15.5. The van der Waals surface area contributed by atoms with Gasteiger partial charge in [0.15, 0.2) is 5.78 Å². The third-order valence-corrected chi connectivity index (χ3v) is 11.5. The van der Waals surface area contributed by atoms with Crippen LogP contribution >= 0.6 is 15.9 Å². The van der Waals surface area contributed by atoms with Gasteiger partial charge < -0.3 is 9.47 Å². The third-order valence-electron chi connectivity index (χ3n) is 10.5. The van der Waals surface area contributed by atoms with Crippen molar-refractivity contribution in [1.82, 2.24) is 0 Å². The average molecular weight is 526 g/mol. The van der Waals surface area contributed by atoms with E-state index in [-0.39, 0.29) is 33.7 Å². The van der Waals surface area contributed by atoms with Crippen LogP contribution < -0.4 is 0 Å². The summed E-state index contributed by atoms with van der Waals surface area (Å²) < 4.78 is 10.4. The summed E-state index contributed by atoms with van der Waals surface area (Å²) in [4.78, 5) is 37.2. The van der Waals surface area contributed by atoms with Crippen LogP contribution in [0, 0.1) is 46.3 Å². The number of ether oxygens (including phenoxy) is 2. The quantitative estimate of drug-likeness (QED) is 0.339. The first-order valence-corrected chi connectivity index (χ1v) is 13.9. The molecule has 0 aliphatic heterocycles. The zero-order valence-corrected chi connectivity index (χ0v) is 22.5. The van der Waals surface area contributed by atoms with Crippen molar-refractivity contribution < 1.29 is 23.9 Å². The Morgan fingerprint density at radius 2 is 1.88 bits per heavy atom. The van der Waals surface area contributed by atoms with Gasteiger partial charge in [-0.05, 0) is 92.3 Å². The molecule has 4 saturated carbocycles. The van der Waals surface area contributed by atoms with E-state index in [9.17, 15) is 14.4 Å². The van der Waals surface area contributed by atoms with E-state index in [1.807, 2.05) is 0 Å². The van der Waals surface area contributed by atoms with Gasteiger partial charge in [-0.2, -0.15) is 0 Å². The fourth-order valence-electron chi connectivity index (χ4n) is 8.92. The maximum atomic E-state index is 14.1. The van der Waals surface area contributed by atoms with Gasteiger partial charge in [-0.15, -0.1) is 0 Å². The molecule has 0 aromatic heterocycles. The molecule has 0 amide bonds. The fourth-order valence-corrected chi connectivity index (χ4v) is 10.4. The first kappa shape index (κ1) is 25.2. The normalized spacial score (nSPS) is 45.4. The second-order valence-corrected chi connectivity index (χ2v) is 12.9. The van der Waals surface area contributed by atoms with E-state index in [4.69, 9.17) is 9.47 Å². The highest BCUT2D eigenvalue weighted by atomic mass is 79.9. The highest BCUT2D eigenvalue weighted by Gasteiger charge is 2.66. The number of fused-ring (bicyclic) bond motifs is 5. The zero-order chi connectivity index (χ0) is 24.1. The second kappa shape index (κ2) is 9.28. The average Bonchev–Trinajstić information content (AvgIpc) is 3.13. The lowest BCUT2D eigenvalue weighted by molar-refractivity contribution is -0.165. The molecule has 4 aliphatic rings. The Hall–Kier alpha value is -0.910. The van der Waals surface area contributed by atoms with Crippen LogP contribution in [0.4, 0.5) is 0 Å². The number of Topliss-reactive ketones (excluding diaryl/α,β-unsaturated/α-hetero) is 1. The van der Waals surface area contributed by atoms with E-state index in [0.29, 0.717) is 47.7 Å². The lowest BCUT2D eigenvalue weighted by Crippen LogP contribution is -2.62. The predicted molar refractivity (Wildman–Crippen MR) is 130 cm³/mol. The monoisotopic (exact) mass is 524 g/mol. The van der Waals surface area contributed by atoms with E-state index in [1.54, 1.807) is 0 Å². The molecule has 0 heterocycles. The van der Waals surface area contributed by atoms with Gasteiger partial charge in [-0.1, -0.05) is 36.7 Å². The van der Waals surface area contributed by atoms with Crippen molar-refractivity contribution in [1.29, 1.82) is 0 Å². The summed E-state index contributed by atoms with van der Waals surface area (Å²) in [7, 11) is 1.44. The van der Waals surface area contributed by atoms with Gasteiger partial charge in [-0.3, -0.25) is 14.4 Å². The van der Waals surface area contributed by atoms with Gasteiger partial charge in [-0.25, -0.2) is 0 Å². The molecule has 0 N–H and O–H groups in total. The van der Waals surface area contributed by atoms with Gasteiger partial charge in [0.1, 0.15) is 6.10 Å². The number of rotatable bonds is 5. The lowest BCUT2D eigenvalue weighted by Gasteiger charge is -2.62. The molecule has 4 fully saturated rings. The number of alkyl halides is 1. The van der Waals surface area contributed by atoms with Crippen LogP contribution in [-0.4, -0.2) is 35.8 Å². The molecule has 6 heteroatoms. The van der Waals surface area contributed by atoms with Crippen molar-refractivity contribution in [2.75, 3.05) is 7.11 Å². The van der Waals surface area contributed by atoms with Crippen molar-refractivity contribution in [3.63, 3.8) is 0 Å². The Morgan fingerprint density at radius 3 is 2.55 bits per heavy atom. The number of methoxy groups -OCH3 is 1. The van der Waals surface area contributed by atoms with Gasteiger partial charge in [0, 0.05) is 18.8 Å². The summed E-state index contributed by atoms with van der Waals surface area (Å²) in [6.45, 7) is 8.37. The minimum Gasteiger partial charge on any atom is -0.469 e. The van der Waals surface area contributed by atoms with Crippen LogP contribution in [0.15, 0.2) is 0 Å². The van der Waals surface area contributed by atoms with Crippen LogP contribution in [0.1, 0.15) is 85.5 Å². The molecule has 4 rings (SSSR count). The summed E-state index contributed by atoms with van der Waals surface area (Å²) in [6.07, 6.45) is 8.62. The predicted octanol–water partition coefficient (Wildman–Crippen LogP) is 5.72. The van der Waals surface area contributed by atoms with Crippen molar-refractivity contribution in [2.45, 2.75) is 96.4 Å². The van der Waals surface area contributed by atoms with Gasteiger partial charge in [0.2, 0.25) is 0 Å². The Kier molecular flexibility index (Phi) is 7.08. The number of esters is 2. The van der Waals surface area contributed by atoms with E-state index in [0.717, 1.165) is 44.9 Å². The fraction of sp³-hybridized carbons (Fsp3) is 0.889. The topological polar surface area (TPSA) is 69.7 Å². The molecular formula is C27H41BrO5. The Labute approximate surface area is 207 Å². The van der Waals surface area contributed by atoms with Crippen molar-refractivity contribution >= 4 is 33.7 Å². The van der Waals surface area contributed by atoms with Crippen LogP contribution in [0.25, 0.3) is 0 Å². The standard InChI is InChI=1S/C27H41BrO5/c1-15(6-11-22(30)32-5)20-9-10-21-19-8-7-17-14-18(33-16(2)29)12-13-26(17,3)23(19)24(28)25(31)27(20,21)4/h15,17-21,23-24H,6-14H2,1-5H3/t15?,17?,18?,19?,20?,21?,23?,24?,26-,27+/m0/s1. The summed E-state index contributed by atoms with van der Waals surface area (Å²) >= 11 is 3.96. The minimum atomic E-state index is -0.316. The maximum absolute atomic E-state index is 14.1. The van der Waals surface area contributed by atoms with Crippen molar-refractivity contribution in [3.05, 3.63) is 0 Å². The number of ketones is 1. The van der Waals surface area contributed by atoms with Crippen LogP contribution in [0.2, 0.25) is 0 Å². The van der Waals surface area contributed by atoms with E-state index in [2.05, 4.69) is 36.7 Å². The second-order valence-electron chi connectivity index (χ2n) is 11.9. The number of hydrogen-bond acceptors (Lipinski definition) is 5. The molecule has 0 aromatic carbocycles. The number of hydrogen-bond donors (Lipinski definition) is 0. The highest BCUT2D eigenvalue weighted by Crippen LogP contribution is 2.68. The molecule has 10 atom stereocenters.